The van der Waals surface area contributed by atoms with Gasteiger partial charge in [-0.2, -0.15) is 5.26 Å². The van der Waals surface area contributed by atoms with Gasteiger partial charge in [0.15, 0.2) is 0 Å². The number of fused-ring (bicyclic) bond motifs is 1. The lowest BCUT2D eigenvalue weighted by Crippen LogP contribution is -2.44. The molecule has 1 aliphatic heterocycles. The van der Waals surface area contributed by atoms with Crippen molar-refractivity contribution < 1.29 is 13.9 Å². The molecule has 9 heteroatoms. The Morgan fingerprint density at radius 1 is 1.12 bits per heavy atom. The molecule has 1 N–H and O–H groups in total. The van der Waals surface area contributed by atoms with Gasteiger partial charge in [0, 0.05) is 11.8 Å². The number of nitriles is 1. The molecule has 2 aromatic carbocycles. The highest BCUT2D eigenvalue weighted by Gasteiger charge is 2.22. The molecular weight excluding hydrogens is 427 g/mol. The van der Waals surface area contributed by atoms with Gasteiger partial charge in [-0.05, 0) is 42.3 Å². The molecule has 0 unspecified atom stereocenters. The summed E-state index contributed by atoms with van der Waals surface area (Å²) in [5.74, 6) is -1.07. The minimum atomic E-state index is -0.681. The molecule has 4 rings (SSSR count). The zero-order chi connectivity index (χ0) is 23.5. The molecule has 0 amide bonds. The van der Waals surface area contributed by atoms with Crippen LogP contribution in [0.3, 0.4) is 0 Å². The molecule has 0 radical (unpaired) electrons. The summed E-state index contributed by atoms with van der Waals surface area (Å²) in [5.41, 5.74) is 1.66. The maximum atomic E-state index is 13.1. The van der Waals surface area contributed by atoms with E-state index in [1.165, 1.54) is 35.0 Å². The number of halogens is 1. The minimum absolute atomic E-state index is 0.0239. The fourth-order valence-electron chi connectivity index (χ4n) is 3.48. The van der Waals surface area contributed by atoms with Crippen LogP contribution in [0.25, 0.3) is 6.20 Å². The summed E-state index contributed by atoms with van der Waals surface area (Å²) >= 11 is 0. The number of hydrogen-bond acceptors (Lipinski definition) is 6. The number of carbonyl (C=O) groups excluding carboxylic acids is 1. The van der Waals surface area contributed by atoms with Crippen LogP contribution in [0, 0.1) is 24.1 Å². The van der Waals surface area contributed by atoms with Gasteiger partial charge in [0.05, 0.1) is 30.4 Å². The van der Waals surface area contributed by atoms with Crippen molar-refractivity contribution in [2.75, 3.05) is 0 Å². The average Bonchev–Trinajstić information content (AvgIpc) is 2.84. The smallest absolute Gasteiger partial charge is 0.356 e. The normalized spacial score (nSPS) is 12.2. The number of carbonyl (C=O) groups is 1. The second-order valence-corrected chi connectivity index (χ2v) is 7.52. The monoisotopic (exact) mass is 446 g/mol. The van der Waals surface area contributed by atoms with Gasteiger partial charge >= 0.3 is 11.7 Å². The summed E-state index contributed by atoms with van der Waals surface area (Å²) in [5, 5.41) is 11.8. The van der Waals surface area contributed by atoms with Gasteiger partial charge in [-0.25, -0.2) is 14.0 Å². The van der Waals surface area contributed by atoms with Gasteiger partial charge in [0.25, 0.3) is 5.56 Å². The highest BCUT2D eigenvalue weighted by atomic mass is 19.1. The fourth-order valence-corrected chi connectivity index (χ4v) is 3.48. The summed E-state index contributed by atoms with van der Waals surface area (Å²) in [6.07, 6.45) is 1.32. The van der Waals surface area contributed by atoms with Gasteiger partial charge in [0.1, 0.15) is 18.1 Å². The van der Waals surface area contributed by atoms with Crippen molar-refractivity contribution in [1.29, 1.82) is 5.26 Å². The molecule has 3 aromatic rings. The largest absolute Gasteiger partial charge is 0.456 e. The van der Waals surface area contributed by atoms with Crippen molar-refractivity contribution in [3.05, 3.63) is 109 Å². The molecule has 33 heavy (non-hydrogen) atoms. The number of rotatable bonds is 5. The Labute approximate surface area is 187 Å². The number of ether oxygens (including phenoxy) is 1. The predicted molar refractivity (Wildman–Crippen MR) is 117 cm³/mol. The first-order valence-corrected chi connectivity index (χ1v) is 10.1. The van der Waals surface area contributed by atoms with E-state index in [-0.39, 0.29) is 31.2 Å². The molecule has 0 saturated carbocycles. The highest BCUT2D eigenvalue weighted by Crippen LogP contribution is 2.13. The Hall–Kier alpha value is -4.45. The van der Waals surface area contributed by atoms with Crippen LogP contribution in [0.1, 0.15) is 27.9 Å². The first kappa shape index (κ1) is 21.8. The Kier molecular flexibility index (Phi) is 5.91. The van der Waals surface area contributed by atoms with Crippen LogP contribution in [0.2, 0.25) is 0 Å². The number of aromatic nitrogens is 2. The third-order valence-electron chi connectivity index (χ3n) is 5.36. The van der Waals surface area contributed by atoms with Crippen LogP contribution in [0.15, 0.2) is 63.8 Å². The average molecular weight is 446 g/mol. The van der Waals surface area contributed by atoms with E-state index in [0.29, 0.717) is 27.9 Å². The maximum absolute atomic E-state index is 13.1. The van der Waals surface area contributed by atoms with Crippen LogP contribution in [-0.4, -0.2) is 15.1 Å². The number of nitrogens with zero attached hydrogens (tertiary/aromatic N) is 3. The molecular formula is C24H19FN4O4. The van der Waals surface area contributed by atoms with Crippen molar-refractivity contribution in [3.63, 3.8) is 0 Å². The first-order valence-electron chi connectivity index (χ1n) is 10.1. The summed E-state index contributed by atoms with van der Waals surface area (Å²) in [7, 11) is 0. The third-order valence-corrected chi connectivity index (χ3v) is 5.36. The van der Waals surface area contributed by atoms with Gasteiger partial charge in [0.2, 0.25) is 0 Å². The maximum Gasteiger partial charge on any atom is 0.356 e. The zero-order valence-electron chi connectivity index (χ0n) is 17.7. The Morgan fingerprint density at radius 2 is 1.79 bits per heavy atom. The summed E-state index contributed by atoms with van der Waals surface area (Å²) in [6, 6.07) is 14.2. The number of benzene rings is 2. The van der Waals surface area contributed by atoms with Crippen molar-refractivity contribution in [2.45, 2.75) is 26.6 Å². The second-order valence-electron chi connectivity index (χ2n) is 7.52. The van der Waals surface area contributed by atoms with Crippen LogP contribution >= 0.6 is 0 Å². The van der Waals surface area contributed by atoms with E-state index >= 15 is 0 Å². The lowest BCUT2D eigenvalue weighted by atomic mass is 10.1. The molecule has 1 aliphatic rings. The van der Waals surface area contributed by atoms with E-state index < -0.39 is 17.2 Å². The number of nitrogens with one attached hydrogen (secondary N) is 1. The van der Waals surface area contributed by atoms with Crippen LogP contribution in [0.4, 0.5) is 4.39 Å². The molecule has 0 bridgehead atoms. The second kappa shape index (κ2) is 8.96. The van der Waals surface area contributed by atoms with Gasteiger partial charge < -0.3 is 10.1 Å². The Balaban J connectivity index is 1.62. The molecule has 0 aliphatic carbocycles. The minimum Gasteiger partial charge on any atom is -0.456 e. The van der Waals surface area contributed by atoms with E-state index in [4.69, 9.17) is 10.00 Å². The van der Waals surface area contributed by atoms with Gasteiger partial charge in [-0.1, -0.05) is 24.3 Å². The Bertz CT molecular complexity index is 1410. The fraction of sp³-hybridized carbons (Fsp3) is 0.167. The highest BCUT2D eigenvalue weighted by molar-refractivity contribution is 5.91. The third kappa shape index (κ3) is 4.45. The summed E-state index contributed by atoms with van der Waals surface area (Å²) in [6.45, 7) is 1.69. The lowest BCUT2D eigenvalue weighted by Gasteiger charge is -2.22. The molecule has 1 aromatic heterocycles. The lowest BCUT2D eigenvalue weighted by molar-refractivity contribution is -0.140. The van der Waals surface area contributed by atoms with Crippen molar-refractivity contribution in [2.24, 2.45) is 0 Å². The molecule has 0 fully saturated rings. The molecule has 166 valence electrons. The predicted octanol–water partition coefficient (Wildman–Crippen LogP) is 2.02. The zero-order valence-corrected chi connectivity index (χ0v) is 17.7. The topological polar surface area (TPSA) is 106 Å². The standard InChI is InChI=1S/C24H19FN4O4/c1-15-21-11-27-20(23(31)33-14-18-6-8-19(25)9-7-18)13-28(21)24(32)29(22(15)30)12-17-4-2-16(10-26)3-5-17/h2-9,13,27H,11-12,14H2,1H3. The van der Waals surface area contributed by atoms with E-state index in [0.717, 1.165) is 4.57 Å². The number of hydrogen-bond donors (Lipinski definition) is 1. The van der Waals surface area contributed by atoms with Crippen LogP contribution in [-0.2, 0) is 29.2 Å². The van der Waals surface area contributed by atoms with Crippen molar-refractivity contribution >= 4 is 12.2 Å². The molecule has 8 nitrogen and oxygen atoms in total. The van der Waals surface area contributed by atoms with Gasteiger partial charge in [-0.15, -0.1) is 0 Å². The van der Waals surface area contributed by atoms with E-state index in [2.05, 4.69) is 5.32 Å². The van der Waals surface area contributed by atoms with E-state index in [1.54, 1.807) is 31.2 Å². The molecule has 0 spiro atoms. The molecule has 0 saturated heterocycles. The SMILES string of the molecule is Cc1c2n(c(=O)n(Cc3ccc(C#N)cc3)c1=O)C=C(C(=O)OCc1ccc(F)cc1)NC2. The summed E-state index contributed by atoms with van der Waals surface area (Å²) in [4.78, 5) is 38.4. The molecule has 2 heterocycles. The van der Waals surface area contributed by atoms with E-state index in [1.807, 2.05) is 6.07 Å². The Morgan fingerprint density at radius 3 is 2.45 bits per heavy atom. The quantitative estimate of drug-likeness (QED) is 0.601. The van der Waals surface area contributed by atoms with Gasteiger partial charge in [-0.3, -0.25) is 13.9 Å². The van der Waals surface area contributed by atoms with Crippen LogP contribution in [0.5, 0.6) is 0 Å². The van der Waals surface area contributed by atoms with E-state index in [9.17, 15) is 18.8 Å². The van der Waals surface area contributed by atoms with Crippen molar-refractivity contribution in [1.82, 2.24) is 14.5 Å². The van der Waals surface area contributed by atoms with Crippen molar-refractivity contribution in [3.8, 4) is 6.07 Å². The summed E-state index contributed by atoms with van der Waals surface area (Å²) < 4.78 is 20.6. The number of esters is 1. The molecule has 0 atom stereocenters. The first-order chi connectivity index (χ1) is 15.9. The van der Waals surface area contributed by atoms with Crippen LogP contribution < -0.4 is 16.6 Å².